The van der Waals surface area contributed by atoms with Crippen molar-refractivity contribution in [2.24, 2.45) is 5.41 Å². The Morgan fingerprint density at radius 2 is 2.26 bits per heavy atom. The summed E-state index contributed by atoms with van der Waals surface area (Å²) in [6.07, 6.45) is 1.54. The van der Waals surface area contributed by atoms with Crippen LogP contribution in [-0.4, -0.2) is 23.1 Å². The minimum absolute atomic E-state index is 0.124. The molecule has 1 aromatic heterocycles. The highest BCUT2D eigenvalue weighted by molar-refractivity contribution is 7.16. The third kappa shape index (κ3) is 3.06. The van der Waals surface area contributed by atoms with E-state index in [0.717, 1.165) is 25.9 Å². The van der Waals surface area contributed by atoms with Gasteiger partial charge in [-0.25, -0.2) is 0 Å². The Balaban J connectivity index is 2.35. The molecule has 2 heterocycles. The van der Waals surface area contributed by atoms with Crippen molar-refractivity contribution >= 4 is 22.0 Å². The number of aliphatic hydroxyl groups excluding tert-OH is 1. The van der Waals surface area contributed by atoms with Crippen LogP contribution in [0.1, 0.15) is 44.6 Å². The quantitative estimate of drug-likeness (QED) is 0.683. The average molecular weight is 284 g/mol. The molecule has 0 spiro atoms. The van der Waals surface area contributed by atoms with E-state index in [1.54, 1.807) is 6.92 Å². The molecular weight excluding hydrogens is 264 g/mol. The Morgan fingerprint density at radius 3 is 2.79 bits per heavy atom. The van der Waals surface area contributed by atoms with E-state index < -0.39 is 6.10 Å². The van der Waals surface area contributed by atoms with E-state index in [4.69, 9.17) is 0 Å². The predicted octanol–water partition coefficient (Wildman–Crippen LogP) is 3.34. The number of nitro groups is 1. The van der Waals surface area contributed by atoms with E-state index in [2.05, 4.69) is 18.7 Å². The van der Waals surface area contributed by atoms with Gasteiger partial charge < -0.3 is 10.0 Å². The van der Waals surface area contributed by atoms with Crippen LogP contribution in [0.4, 0.5) is 10.7 Å². The molecule has 5 nitrogen and oxygen atoms in total. The second kappa shape index (κ2) is 5.09. The number of piperidine rings is 1. The number of aliphatic hydroxyl groups is 1. The summed E-state index contributed by atoms with van der Waals surface area (Å²) >= 11 is 1.34. The fourth-order valence-electron chi connectivity index (χ4n) is 2.55. The van der Waals surface area contributed by atoms with Crippen molar-refractivity contribution < 1.29 is 10.0 Å². The van der Waals surface area contributed by atoms with Crippen LogP contribution >= 0.6 is 11.3 Å². The number of rotatable bonds is 3. The van der Waals surface area contributed by atoms with E-state index in [1.807, 2.05) is 0 Å². The van der Waals surface area contributed by atoms with Gasteiger partial charge in [-0.15, -0.1) is 11.3 Å². The molecule has 1 saturated heterocycles. The highest BCUT2D eigenvalue weighted by Gasteiger charge is 2.32. The van der Waals surface area contributed by atoms with Gasteiger partial charge >= 0.3 is 5.69 Å². The summed E-state index contributed by atoms with van der Waals surface area (Å²) in [6.45, 7) is 7.69. The van der Waals surface area contributed by atoms with Crippen molar-refractivity contribution in [2.45, 2.75) is 39.7 Å². The predicted molar refractivity (Wildman–Crippen MR) is 76.8 cm³/mol. The number of nitrogens with zero attached hydrogens (tertiary/aromatic N) is 2. The molecule has 2 rings (SSSR count). The SMILES string of the molecule is CC(O)c1cc([N+](=O)[O-])c(N2CCCC(C)(C)C2)s1. The molecule has 1 atom stereocenters. The number of hydrogen-bond donors (Lipinski definition) is 1. The first-order chi connectivity index (χ1) is 8.80. The highest BCUT2D eigenvalue weighted by atomic mass is 32.1. The minimum Gasteiger partial charge on any atom is -0.388 e. The van der Waals surface area contributed by atoms with Crippen molar-refractivity contribution in [3.63, 3.8) is 0 Å². The molecular formula is C13H20N2O3S. The van der Waals surface area contributed by atoms with Gasteiger partial charge in [-0.3, -0.25) is 10.1 Å². The van der Waals surface area contributed by atoms with E-state index in [0.29, 0.717) is 9.88 Å². The van der Waals surface area contributed by atoms with Gasteiger partial charge in [0.1, 0.15) is 0 Å². The first-order valence-corrected chi connectivity index (χ1v) is 7.33. The summed E-state index contributed by atoms with van der Waals surface area (Å²) in [5, 5.41) is 21.5. The zero-order valence-corrected chi connectivity index (χ0v) is 12.4. The van der Waals surface area contributed by atoms with Gasteiger partial charge in [-0.05, 0) is 25.2 Å². The summed E-state index contributed by atoms with van der Waals surface area (Å²) in [5.41, 5.74) is 0.305. The molecule has 1 fully saturated rings. The van der Waals surface area contributed by atoms with Crippen LogP contribution in [0.15, 0.2) is 6.07 Å². The van der Waals surface area contributed by atoms with Gasteiger partial charge in [0.05, 0.1) is 11.0 Å². The van der Waals surface area contributed by atoms with Gasteiger partial charge in [0.25, 0.3) is 0 Å². The van der Waals surface area contributed by atoms with Crippen molar-refractivity contribution in [3.8, 4) is 0 Å². The molecule has 1 aliphatic rings. The third-order valence-corrected chi connectivity index (χ3v) is 4.86. The number of hydrogen-bond acceptors (Lipinski definition) is 5. The van der Waals surface area contributed by atoms with E-state index in [-0.39, 0.29) is 16.0 Å². The zero-order chi connectivity index (χ0) is 14.2. The third-order valence-electron chi connectivity index (χ3n) is 3.51. The molecule has 6 heteroatoms. The molecule has 0 aliphatic carbocycles. The Hall–Kier alpha value is -1.14. The smallest absolute Gasteiger partial charge is 0.304 e. The average Bonchev–Trinajstić information content (AvgIpc) is 2.72. The molecule has 1 aromatic rings. The Labute approximate surface area is 117 Å². The van der Waals surface area contributed by atoms with Crippen molar-refractivity contribution in [1.29, 1.82) is 0 Å². The lowest BCUT2D eigenvalue weighted by Gasteiger charge is -2.38. The van der Waals surface area contributed by atoms with Crippen LogP contribution in [0.5, 0.6) is 0 Å². The molecule has 19 heavy (non-hydrogen) atoms. The van der Waals surface area contributed by atoms with Gasteiger partial charge in [-0.2, -0.15) is 0 Å². The van der Waals surface area contributed by atoms with Crippen molar-refractivity contribution in [1.82, 2.24) is 0 Å². The lowest BCUT2D eigenvalue weighted by molar-refractivity contribution is -0.383. The summed E-state index contributed by atoms with van der Waals surface area (Å²) in [4.78, 5) is 13.6. The van der Waals surface area contributed by atoms with Crippen LogP contribution in [0.25, 0.3) is 0 Å². The summed E-state index contributed by atoms with van der Waals surface area (Å²) < 4.78 is 0. The second-order valence-corrected chi connectivity index (χ2v) is 7.02. The van der Waals surface area contributed by atoms with Crippen molar-refractivity contribution in [3.05, 3.63) is 21.1 Å². The standard InChI is InChI=1S/C13H20N2O3S/c1-9(16)11-7-10(15(17)18)12(19-11)14-6-4-5-13(2,3)8-14/h7,9,16H,4-6,8H2,1-3H3. The van der Waals surface area contributed by atoms with E-state index in [9.17, 15) is 15.2 Å². The van der Waals surface area contributed by atoms with E-state index >= 15 is 0 Å². The molecule has 1 N–H and O–H groups in total. The first-order valence-electron chi connectivity index (χ1n) is 6.51. The highest BCUT2D eigenvalue weighted by Crippen LogP contribution is 2.43. The van der Waals surface area contributed by atoms with E-state index in [1.165, 1.54) is 17.4 Å². The normalized spacial score (nSPS) is 20.3. The van der Waals surface area contributed by atoms with Gasteiger partial charge in [-0.1, -0.05) is 13.8 Å². The zero-order valence-electron chi connectivity index (χ0n) is 11.5. The molecule has 0 amide bonds. The van der Waals surface area contributed by atoms with Gasteiger partial charge in [0, 0.05) is 24.0 Å². The van der Waals surface area contributed by atoms with Crippen LogP contribution < -0.4 is 4.90 Å². The minimum atomic E-state index is -0.657. The maximum Gasteiger partial charge on any atom is 0.304 e. The molecule has 106 valence electrons. The second-order valence-electron chi connectivity index (χ2n) is 5.96. The Kier molecular flexibility index (Phi) is 3.82. The Bertz CT molecular complexity index is 482. The largest absolute Gasteiger partial charge is 0.388 e. The fourth-order valence-corrected chi connectivity index (χ4v) is 3.64. The maximum absolute atomic E-state index is 11.2. The van der Waals surface area contributed by atoms with Crippen LogP contribution in [-0.2, 0) is 0 Å². The Morgan fingerprint density at radius 1 is 1.58 bits per heavy atom. The topological polar surface area (TPSA) is 66.6 Å². The molecule has 1 unspecified atom stereocenters. The summed E-state index contributed by atoms with van der Waals surface area (Å²) in [6, 6.07) is 1.51. The molecule has 0 saturated carbocycles. The lowest BCUT2D eigenvalue weighted by atomic mass is 9.84. The first kappa shape index (κ1) is 14.3. The number of anilines is 1. The lowest BCUT2D eigenvalue weighted by Crippen LogP contribution is -2.39. The molecule has 1 aliphatic heterocycles. The summed E-state index contributed by atoms with van der Waals surface area (Å²) in [7, 11) is 0. The van der Waals surface area contributed by atoms with Gasteiger partial charge in [0.2, 0.25) is 0 Å². The monoisotopic (exact) mass is 284 g/mol. The molecule has 0 radical (unpaired) electrons. The fraction of sp³-hybridized carbons (Fsp3) is 0.692. The van der Waals surface area contributed by atoms with Gasteiger partial charge in [0.15, 0.2) is 5.00 Å². The van der Waals surface area contributed by atoms with Crippen LogP contribution in [0.3, 0.4) is 0 Å². The number of thiophene rings is 1. The van der Waals surface area contributed by atoms with Crippen LogP contribution in [0, 0.1) is 15.5 Å². The van der Waals surface area contributed by atoms with Crippen molar-refractivity contribution in [2.75, 3.05) is 18.0 Å². The molecule has 0 aromatic carbocycles. The maximum atomic E-state index is 11.2. The molecule has 0 bridgehead atoms. The summed E-state index contributed by atoms with van der Waals surface area (Å²) in [5.74, 6) is 0. The van der Waals surface area contributed by atoms with Crippen LogP contribution in [0.2, 0.25) is 0 Å².